The van der Waals surface area contributed by atoms with Crippen LogP contribution < -0.4 is 5.73 Å². The van der Waals surface area contributed by atoms with E-state index in [2.05, 4.69) is 15.0 Å². The third kappa shape index (κ3) is 1.67. The molecule has 3 heterocycles. The maximum absolute atomic E-state index is 14.7. The number of aliphatic hydroxyl groups is 2. The summed E-state index contributed by atoms with van der Waals surface area (Å²) < 4.78 is 21.4. The van der Waals surface area contributed by atoms with Gasteiger partial charge in [0.2, 0.25) is 0 Å². The summed E-state index contributed by atoms with van der Waals surface area (Å²) in [4.78, 5) is 11.8. The molecule has 4 N–H and O–H groups in total. The van der Waals surface area contributed by atoms with Crippen molar-refractivity contribution >= 4 is 17.0 Å². The fourth-order valence-corrected chi connectivity index (χ4v) is 2.40. The zero-order valence-corrected chi connectivity index (χ0v) is 10.6. The molecule has 2 unspecified atom stereocenters. The molecule has 4 atom stereocenters. The van der Waals surface area contributed by atoms with Crippen molar-refractivity contribution in [2.45, 2.75) is 31.0 Å². The Hall–Kier alpha value is -1.84. The molecule has 0 aliphatic carbocycles. The van der Waals surface area contributed by atoms with E-state index in [1.54, 1.807) is 0 Å². The second kappa shape index (κ2) is 4.33. The van der Waals surface area contributed by atoms with Crippen LogP contribution in [-0.4, -0.2) is 54.2 Å². The zero-order chi connectivity index (χ0) is 14.5. The van der Waals surface area contributed by atoms with Crippen LogP contribution in [0.2, 0.25) is 0 Å². The SMILES string of the molecule is CC1(F)C(O)[C@@H](CO)O[C@H]1n1cnc2c(N)ncnc21. The predicted octanol–water partition coefficient (Wildman–Crippen LogP) is -0.613. The number of aliphatic hydroxyl groups excluding tert-OH is 2. The summed E-state index contributed by atoms with van der Waals surface area (Å²) in [6, 6.07) is 0. The Bertz CT molecular complexity index is 646. The maximum atomic E-state index is 14.7. The standard InChI is InChI=1S/C11H14FN5O3/c1-11(12)7(19)5(2-18)20-10(11)17-4-16-6-8(13)14-3-15-9(6)17/h3-5,7,10,18-19H,2H2,1H3,(H2,13,14,15)/t5-,7?,10-,11?/m1/s1. The number of nitrogen functional groups attached to an aromatic ring is 1. The Kier molecular flexibility index (Phi) is 2.85. The second-order valence-electron chi connectivity index (χ2n) is 4.89. The van der Waals surface area contributed by atoms with Crippen LogP contribution in [0.1, 0.15) is 13.2 Å². The number of aromatic nitrogens is 4. The van der Waals surface area contributed by atoms with E-state index in [0.717, 1.165) is 0 Å². The van der Waals surface area contributed by atoms with Crippen LogP contribution in [0.15, 0.2) is 12.7 Å². The van der Waals surface area contributed by atoms with E-state index in [9.17, 15) is 9.50 Å². The highest BCUT2D eigenvalue weighted by atomic mass is 19.1. The molecule has 0 amide bonds. The Labute approximate surface area is 113 Å². The highest BCUT2D eigenvalue weighted by molar-refractivity contribution is 5.81. The van der Waals surface area contributed by atoms with Crippen LogP contribution in [0.25, 0.3) is 11.2 Å². The first-order chi connectivity index (χ1) is 9.46. The lowest BCUT2D eigenvalue weighted by molar-refractivity contribution is -0.0566. The summed E-state index contributed by atoms with van der Waals surface area (Å²) in [6.45, 7) is 0.718. The minimum Gasteiger partial charge on any atom is -0.394 e. The lowest BCUT2D eigenvalue weighted by atomic mass is 9.98. The third-order valence-electron chi connectivity index (χ3n) is 3.54. The highest BCUT2D eigenvalue weighted by Crippen LogP contribution is 2.42. The van der Waals surface area contributed by atoms with Gasteiger partial charge in [0.05, 0.1) is 12.9 Å². The van der Waals surface area contributed by atoms with Gasteiger partial charge in [-0.05, 0) is 6.92 Å². The largest absolute Gasteiger partial charge is 0.394 e. The Morgan fingerprint density at radius 1 is 1.50 bits per heavy atom. The average molecular weight is 283 g/mol. The molecule has 1 fully saturated rings. The Balaban J connectivity index is 2.10. The van der Waals surface area contributed by atoms with E-state index in [1.807, 2.05) is 0 Å². The maximum Gasteiger partial charge on any atom is 0.181 e. The summed E-state index contributed by atoms with van der Waals surface area (Å²) in [6.07, 6.45) is -1.06. The fourth-order valence-electron chi connectivity index (χ4n) is 2.40. The first kappa shape index (κ1) is 13.2. The van der Waals surface area contributed by atoms with Gasteiger partial charge in [0.15, 0.2) is 23.4 Å². The van der Waals surface area contributed by atoms with E-state index in [1.165, 1.54) is 24.1 Å². The predicted molar refractivity (Wildman–Crippen MR) is 66.3 cm³/mol. The number of imidazole rings is 1. The number of nitrogens with zero attached hydrogens (tertiary/aromatic N) is 4. The number of ether oxygens (including phenoxy) is 1. The number of hydrogen-bond acceptors (Lipinski definition) is 7. The van der Waals surface area contributed by atoms with Crippen molar-refractivity contribution in [1.82, 2.24) is 19.5 Å². The molecule has 1 aliphatic rings. The van der Waals surface area contributed by atoms with E-state index in [-0.39, 0.29) is 5.82 Å². The van der Waals surface area contributed by atoms with Crippen molar-refractivity contribution in [2.24, 2.45) is 0 Å². The Morgan fingerprint density at radius 3 is 2.90 bits per heavy atom. The first-order valence-corrected chi connectivity index (χ1v) is 6.03. The summed E-state index contributed by atoms with van der Waals surface area (Å²) >= 11 is 0. The summed E-state index contributed by atoms with van der Waals surface area (Å²) in [5.41, 5.74) is 4.20. The molecule has 3 rings (SSSR count). The van der Waals surface area contributed by atoms with Crippen LogP contribution in [0.5, 0.6) is 0 Å². The van der Waals surface area contributed by atoms with Gasteiger partial charge in [-0.15, -0.1) is 0 Å². The van der Waals surface area contributed by atoms with Crippen LogP contribution >= 0.6 is 0 Å². The minimum atomic E-state index is -2.10. The first-order valence-electron chi connectivity index (χ1n) is 6.03. The molecule has 0 radical (unpaired) electrons. The van der Waals surface area contributed by atoms with E-state index in [0.29, 0.717) is 11.2 Å². The van der Waals surface area contributed by atoms with Crippen LogP contribution in [-0.2, 0) is 4.74 Å². The molecule has 20 heavy (non-hydrogen) atoms. The molecule has 8 nitrogen and oxygen atoms in total. The van der Waals surface area contributed by atoms with Crippen molar-refractivity contribution in [2.75, 3.05) is 12.3 Å². The Morgan fingerprint density at radius 2 is 2.25 bits per heavy atom. The van der Waals surface area contributed by atoms with Crippen molar-refractivity contribution < 1.29 is 19.3 Å². The van der Waals surface area contributed by atoms with Crippen molar-refractivity contribution in [3.63, 3.8) is 0 Å². The molecule has 108 valence electrons. The van der Waals surface area contributed by atoms with Crippen LogP contribution in [0.3, 0.4) is 0 Å². The monoisotopic (exact) mass is 283 g/mol. The number of fused-ring (bicyclic) bond motifs is 1. The number of alkyl halides is 1. The molecular formula is C11H14FN5O3. The smallest absolute Gasteiger partial charge is 0.181 e. The topological polar surface area (TPSA) is 119 Å². The van der Waals surface area contributed by atoms with Gasteiger partial charge in [-0.2, -0.15) is 0 Å². The van der Waals surface area contributed by atoms with Crippen LogP contribution in [0, 0.1) is 0 Å². The van der Waals surface area contributed by atoms with Crippen molar-refractivity contribution in [3.05, 3.63) is 12.7 Å². The summed E-state index contributed by atoms with van der Waals surface area (Å²) in [5, 5.41) is 19.0. The molecular weight excluding hydrogens is 269 g/mol. The lowest BCUT2D eigenvalue weighted by Crippen LogP contribution is -2.40. The van der Waals surface area contributed by atoms with Gasteiger partial charge in [-0.3, -0.25) is 4.57 Å². The molecule has 2 aromatic rings. The van der Waals surface area contributed by atoms with E-state index < -0.39 is 30.7 Å². The molecule has 1 aliphatic heterocycles. The van der Waals surface area contributed by atoms with Gasteiger partial charge in [-0.1, -0.05) is 0 Å². The van der Waals surface area contributed by atoms with Gasteiger partial charge in [0.1, 0.15) is 24.1 Å². The minimum absolute atomic E-state index is 0.173. The van der Waals surface area contributed by atoms with Crippen molar-refractivity contribution in [1.29, 1.82) is 0 Å². The highest BCUT2D eigenvalue weighted by Gasteiger charge is 2.55. The molecule has 0 aromatic carbocycles. The third-order valence-corrected chi connectivity index (χ3v) is 3.54. The normalized spacial score (nSPS) is 33.9. The lowest BCUT2D eigenvalue weighted by Gasteiger charge is -2.24. The molecule has 0 saturated carbocycles. The van der Waals surface area contributed by atoms with Gasteiger partial charge in [0.25, 0.3) is 0 Å². The second-order valence-corrected chi connectivity index (χ2v) is 4.89. The summed E-state index contributed by atoms with van der Waals surface area (Å²) in [7, 11) is 0. The van der Waals surface area contributed by atoms with Gasteiger partial charge >= 0.3 is 0 Å². The number of rotatable bonds is 2. The number of halogens is 1. The average Bonchev–Trinajstić information content (AvgIpc) is 2.92. The number of nitrogens with two attached hydrogens (primary N) is 1. The van der Waals surface area contributed by atoms with E-state index >= 15 is 0 Å². The number of hydrogen-bond donors (Lipinski definition) is 3. The molecule has 0 bridgehead atoms. The van der Waals surface area contributed by atoms with Gasteiger partial charge in [-0.25, -0.2) is 19.3 Å². The van der Waals surface area contributed by atoms with E-state index in [4.69, 9.17) is 15.6 Å². The molecule has 0 spiro atoms. The van der Waals surface area contributed by atoms with Gasteiger partial charge in [0, 0.05) is 0 Å². The summed E-state index contributed by atoms with van der Waals surface area (Å²) in [5.74, 6) is 0.173. The molecule has 9 heteroatoms. The van der Waals surface area contributed by atoms with Crippen molar-refractivity contribution in [3.8, 4) is 0 Å². The van der Waals surface area contributed by atoms with Gasteiger partial charge < -0.3 is 20.7 Å². The molecule has 1 saturated heterocycles. The fraction of sp³-hybridized carbons (Fsp3) is 0.545. The number of anilines is 1. The van der Waals surface area contributed by atoms with Crippen LogP contribution in [0.4, 0.5) is 10.2 Å². The molecule has 2 aromatic heterocycles. The quantitative estimate of drug-likeness (QED) is 0.672. The zero-order valence-electron chi connectivity index (χ0n) is 10.6.